The molecule has 1 heterocycles. The van der Waals surface area contributed by atoms with E-state index in [0.717, 1.165) is 29.7 Å². The number of carbonyl (C=O) groups is 3. The molecular weight excluding hydrogens is 675 g/mol. The Morgan fingerprint density at radius 3 is 2.54 bits per heavy atom. The molecule has 0 saturated heterocycles. The van der Waals surface area contributed by atoms with E-state index in [-0.39, 0.29) is 89.9 Å². The molecule has 4 rings (SSSR count). The molecule has 6 unspecified atom stereocenters. The summed E-state index contributed by atoms with van der Waals surface area (Å²) in [4.78, 5) is 34.1. The van der Waals surface area contributed by atoms with E-state index < -0.39 is 24.3 Å². The number of fused-ring (bicyclic) bond motifs is 3. The van der Waals surface area contributed by atoms with Crippen molar-refractivity contribution in [2.45, 2.75) is 141 Å². The molecule has 12 heteroatoms. The monoisotopic (exact) mass is 732 g/mol. The summed E-state index contributed by atoms with van der Waals surface area (Å²) in [5, 5.41) is 34.5. The first-order valence-corrected chi connectivity index (χ1v) is 18.3. The van der Waals surface area contributed by atoms with E-state index in [1.807, 2.05) is 45.0 Å². The third-order valence-corrected chi connectivity index (χ3v) is 9.83. The zero-order chi connectivity index (χ0) is 37.7. The number of aliphatic hydroxyl groups excluding tert-OH is 2. The van der Waals surface area contributed by atoms with Gasteiger partial charge in [0.2, 0.25) is 5.91 Å². The van der Waals surface area contributed by atoms with Gasteiger partial charge in [-0.15, -0.1) is 11.8 Å². The molecule has 1 aromatic carbocycles. The van der Waals surface area contributed by atoms with Crippen LogP contribution < -0.4 is 50.5 Å². The van der Waals surface area contributed by atoms with E-state index in [1.165, 1.54) is 6.92 Å². The van der Waals surface area contributed by atoms with E-state index in [9.17, 15) is 29.7 Å². The number of aliphatic hydroxyl groups is 2. The van der Waals surface area contributed by atoms with Gasteiger partial charge in [-0.05, 0) is 69.9 Å². The smallest absolute Gasteiger partial charge is 0.550 e. The first-order chi connectivity index (χ1) is 24.3. The Morgan fingerprint density at radius 1 is 1.21 bits per heavy atom. The standard InChI is InChI=1S/C24H30O5.C16H28N2O4.Na/c1-3-4-7-15(2)19(25)13-12-17-20(26)14-21-23(17)18-10-5-8-16(24(18)29-21)9-6-11-22(27)28;1-5-12(6-2)22-14-9-11(16(20)21-7-3)8-13(17)15(14)18-10(4)19;/h5,8,10,12-13,15,17,19-21,23,25-26H,6-7,9,11,14H2,1-2H3,(H,27,28);9,12-15H,5-8,17H2,1-4H3,(H,18,19);/q;;+1/p-1/b13-12+;;/t;13-,14+,15+;/m.0./s1. The van der Waals surface area contributed by atoms with Crippen molar-refractivity contribution < 1.29 is 73.5 Å². The Morgan fingerprint density at radius 2 is 1.92 bits per heavy atom. The summed E-state index contributed by atoms with van der Waals surface area (Å²) in [5.74, 6) is 5.04. The number of rotatable bonds is 15. The minimum absolute atomic E-state index is 0. The topological polar surface area (TPSA) is 180 Å². The molecule has 11 nitrogen and oxygen atoms in total. The number of hydrogen-bond acceptors (Lipinski definition) is 10. The largest absolute Gasteiger partial charge is 1.00 e. The van der Waals surface area contributed by atoms with Gasteiger partial charge in [-0.3, -0.25) is 4.79 Å². The predicted molar refractivity (Wildman–Crippen MR) is 192 cm³/mol. The van der Waals surface area contributed by atoms with Gasteiger partial charge in [0.15, 0.2) is 0 Å². The zero-order valence-electron chi connectivity index (χ0n) is 31.9. The number of nitrogens with one attached hydrogen (secondary N) is 1. The van der Waals surface area contributed by atoms with Crippen LogP contribution in [0, 0.1) is 23.7 Å². The molecule has 0 aromatic heterocycles. The van der Waals surface area contributed by atoms with Crippen LogP contribution in [-0.4, -0.2) is 77.3 Å². The summed E-state index contributed by atoms with van der Waals surface area (Å²) in [6.45, 7) is 11.4. The second-order valence-corrected chi connectivity index (χ2v) is 13.7. The number of amides is 1. The molecule has 5 N–H and O–H groups in total. The fourth-order valence-corrected chi connectivity index (χ4v) is 7.02. The molecule has 52 heavy (non-hydrogen) atoms. The molecule has 282 valence electrons. The Kier molecular flexibility index (Phi) is 19.7. The minimum Gasteiger partial charge on any atom is -0.550 e. The van der Waals surface area contributed by atoms with Gasteiger partial charge in [0, 0.05) is 54.7 Å². The number of hydrogen-bond donors (Lipinski definition) is 4. The van der Waals surface area contributed by atoms with Crippen molar-refractivity contribution in [3.8, 4) is 17.6 Å². The molecule has 3 aliphatic rings. The third-order valence-electron chi connectivity index (χ3n) is 9.83. The Balaban J connectivity index is 0.000000368. The van der Waals surface area contributed by atoms with Crippen molar-refractivity contribution in [1.29, 1.82) is 0 Å². The molecule has 1 amide bonds. The SMILES string of the molecule is CC#CCC(C)C(O)/C=C/C1C(O)CC2Oc3c(CCCC(=O)[O-])cccc3C21.CCOC(=O)C1=C[C@@H](OC(CC)CC)[C@H](NC(C)=O)[C@@H](N)C1.[Na+]. The zero-order valence-corrected chi connectivity index (χ0v) is 33.9. The maximum atomic E-state index is 12.0. The van der Waals surface area contributed by atoms with Crippen molar-refractivity contribution in [3.05, 3.63) is 53.1 Å². The number of carboxylic acid groups (broad SMARTS) is 1. The number of carbonyl (C=O) groups excluding carboxylic acids is 3. The third kappa shape index (κ3) is 12.7. The van der Waals surface area contributed by atoms with Gasteiger partial charge < -0.3 is 45.4 Å². The first kappa shape index (κ1) is 45.5. The number of para-hydroxylation sites is 1. The van der Waals surface area contributed by atoms with E-state index in [0.29, 0.717) is 44.3 Å². The molecule has 1 aromatic rings. The van der Waals surface area contributed by atoms with Crippen LogP contribution >= 0.6 is 0 Å². The maximum absolute atomic E-state index is 12.0. The molecule has 0 bridgehead atoms. The summed E-state index contributed by atoms with van der Waals surface area (Å²) in [6, 6.07) is 5.24. The van der Waals surface area contributed by atoms with Crippen LogP contribution in [-0.2, 0) is 30.3 Å². The summed E-state index contributed by atoms with van der Waals surface area (Å²) < 4.78 is 17.3. The maximum Gasteiger partial charge on any atom is 1.00 e. The normalized spacial score (nSPS) is 25.5. The number of carboxylic acids is 1. The Bertz CT molecular complexity index is 1450. The molecule has 0 spiro atoms. The summed E-state index contributed by atoms with van der Waals surface area (Å²) in [7, 11) is 0. The second-order valence-electron chi connectivity index (χ2n) is 13.7. The number of nitrogens with two attached hydrogens (primary N) is 1. The van der Waals surface area contributed by atoms with E-state index in [1.54, 1.807) is 26.0 Å². The first-order valence-electron chi connectivity index (χ1n) is 18.3. The van der Waals surface area contributed by atoms with Crippen molar-refractivity contribution >= 4 is 17.8 Å². The van der Waals surface area contributed by atoms with Crippen LogP contribution in [0.15, 0.2) is 42.0 Å². The number of benzene rings is 1. The number of aryl methyl sites for hydroxylation is 1. The average Bonchev–Trinajstić information content (AvgIpc) is 3.60. The molecule has 0 radical (unpaired) electrons. The molecular formula is C40H57N2NaO9. The fourth-order valence-electron chi connectivity index (χ4n) is 7.02. The van der Waals surface area contributed by atoms with Crippen LogP contribution in [0.3, 0.4) is 0 Å². The van der Waals surface area contributed by atoms with Crippen LogP contribution in [0.25, 0.3) is 0 Å². The van der Waals surface area contributed by atoms with Gasteiger partial charge in [-0.25, -0.2) is 4.79 Å². The van der Waals surface area contributed by atoms with Gasteiger partial charge in [0.1, 0.15) is 11.9 Å². The minimum atomic E-state index is -1.04. The Labute approximate surface area is 331 Å². The second kappa shape index (κ2) is 22.5. The van der Waals surface area contributed by atoms with Crippen molar-refractivity contribution in [1.82, 2.24) is 5.32 Å². The van der Waals surface area contributed by atoms with Gasteiger partial charge in [0.25, 0.3) is 0 Å². The summed E-state index contributed by atoms with van der Waals surface area (Å²) in [6.07, 6.45) is 8.28. The van der Waals surface area contributed by atoms with E-state index in [2.05, 4.69) is 17.2 Å². The van der Waals surface area contributed by atoms with Crippen molar-refractivity contribution in [2.24, 2.45) is 17.6 Å². The average molecular weight is 733 g/mol. The quantitative estimate of drug-likeness (QED) is 0.0845. The number of ether oxygens (including phenoxy) is 3. The van der Waals surface area contributed by atoms with E-state index in [4.69, 9.17) is 19.9 Å². The molecule has 9 atom stereocenters. The van der Waals surface area contributed by atoms with Crippen LogP contribution in [0.1, 0.15) is 104 Å². The molecule has 1 saturated carbocycles. The number of esters is 1. The van der Waals surface area contributed by atoms with Crippen molar-refractivity contribution in [2.75, 3.05) is 6.61 Å². The van der Waals surface area contributed by atoms with Gasteiger partial charge in [-0.1, -0.05) is 51.1 Å². The van der Waals surface area contributed by atoms with Gasteiger partial charge >= 0.3 is 35.5 Å². The molecule has 2 aliphatic carbocycles. The van der Waals surface area contributed by atoms with Crippen LogP contribution in [0.2, 0.25) is 0 Å². The van der Waals surface area contributed by atoms with E-state index >= 15 is 0 Å². The summed E-state index contributed by atoms with van der Waals surface area (Å²) >= 11 is 0. The van der Waals surface area contributed by atoms with Gasteiger partial charge in [-0.2, -0.15) is 0 Å². The number of aliphatic carboxylic acids is 1. The fraction of sp³-hybridized carbons (Fsp3) is 0.625. The van der Waals surface area contributed by atoms with Crippen LogP contribution in [0.5, 0.6) is 5.75 Å². The Hall–Kier alpha value is -2.69. The molecule has 1 fully saturated rings. The van der Waals surface area contributed by atoms with Crippen molar-refractivity contribution in [3.63, 3.8) is 0 Å². The summed E-state index contributed by atoms with van der Waals surface area (Å²) in [5.41, 5.74) is 8.74. The predicted octanol–water partition coefficient (Wildman–Crippen LogP) is 0.241. The van der Waals surface area contributed by atoms with Crippen LogP contribution in [0.4, 0.5) is 0 Å². The van der Waals surface area contributed by atoms with Gasteiger partial charge in [0.05, 0.1) is 37.1 Å². The molecule has 1 aliphatic heterocycles.